The fourth-order valence-corrected chi connectivity index (χ4v) is 4.15. The van der Waals surface area contributed by atoms with E-state index < -0.39 is 14.0 Å². The lowest BCUT2D eigenvalue weighted by Gasteiger charge is -2.18. The Labute approximate surface area is 171 Å². The average molecular weight is 413 g/mol. The van der Waals surface area contributed by atoms with Gasteiger partial charge in [-0.15, -0.1) is 0 Å². The van der Waals surface area contributed by atoms with Crippen LogP contribution in [0.5, 0.6) is 0 Å². The van der Waals surface area contributed by atoms with E-state index in [2.05, 4.69) is 19.6 Å². The minimum Gasteiger partial charge on any atom is -0.478 e. The summed E-state index contributed by atoms with van der Waals surface area (Å²) in [4.78, 5) is 25.1. The van der Waals surface area contributed by atoms with Gasteiger partial charge in [-0.2, -0.15) is 0 Å². The minimum absolute atomic E-state index is 0.0488. The van der Waals surface area contributed by atoms with Crippen LogP contribution in [0.15, 0.2) is 41.2 Å². The molecule has 0 aliphatic carbocycles. The van der Waals surface area contributed by atoms with E-state index in [4.69, 9.17) is 4.74 Å². The van der Waals surface area contributed by atoms with E-state index in [9.17, 15) is 14.7 Å². The monoisotopic (exact) mass is 412 g/mol. The number of carboxylic acid groups (broad SMARTS) is 1. The van der Waals surface area contributed by atoms with Crippen LogP contribution in [0.4, 0.5) is 0 Å². The second-order valence-electron chi connectivity index (χ2n) is 8.59. The number of aromatic carboxylic acids is 1. The lowest BCUT2D eigenvalue weighted by atomic mass is 10.1. The molecule has 0 amide bonds. The quantitative estimate of drug-likeness (QED) is 0.463. The summed E-state index contributed by atoms with van der Waals surface area (Å²) in [6.07, 6.45) is 0. The number of aryl methyl sites for hydroxylation is 1. The molecule has 0 fully saturated rings. The predicted molar refractivity (Wildman–Crippen MR) is 118 cm³/mol. The smallest absolute Gasteiger partial charge is 0.337 e. The Hall–Kier alpha value is -2.64. The van der Waals surface area contributed by atoms with Crippen LogP contribution in [0.1, 0.15) is 16.1 Å². The molecule has 3 rings (SSSR count). The molecule has 0 aliphatic rings. The molecular weight excluding hydrogens is 384 g/mol. The SMILES string of the molecule is Cc1c(C(=O)O)cc(-c2cc3ccccc3n2C)c(=O)n1COCC[Si](C)(C)C. The number of benzene rings is 1. The van der Waals surface area contributed by atoms with Crippen molar-refractivity contribution in [1.29, 1.82) is 0 Å². The molecule has 0 radical (unpaired) electrons. The number of aromatic nitrogens is 2. The van der Waals surface area contributed by atoms with E-state index in [1.54, 1.807) is 6.92 Å². The molecular formula is C22H28N2O4Si. The van der Waals surface area contributed by atoms with Crippen molar-refractivity contribution in [1.82, 2.24) is 9.13 Å². The number of hydrogen-bond donors (Lipinski definition) is 1. The van der Waals surface area contributed by atoms with Gasteiger partial charge in [0.1, 0.15) is 6.73 Å². The number of rotatable bonds is 7. The van der Waals surface area contributed by atoms with Crippen LogP contribution in [-0.4, -0.2) is 34.9 Å². The van der Waals surface area contributed by atoms with E-state index >= 15 is 0 Å². The Bertz CT molecular complexity index is 1120. The third kappa shape index (κ3) is 4.36. The van der Waals surface area contributed by atoms with Crippen molar-refractivity contribution in [2.75, 3.05) is 6.61 Å². The topological polar surface area (TPSA) is 73.5 Å². The Morgan fingerprint density at radius 2 is 1.86 bits per heavy atom. The Kier molecular flexibility index (Phi) is 5.82. The fraction of sp³-hybridized carbons (Fsp3) is 0.364. The van der Waals surface area contributed by atoms with Gasteiger partial charge in [-0.05, 0) is 31.2 Å². The number of fused-ring (bicyclic) bond motifs is 1. The van der Waals surface area contributed by atoms with Crippen molar-refractivity contribution < 1.29 is 14.6 Å². The zero-order valence-electron chi connectivity index (χ0n) is 17.7. The molecule has 3 aromatic rings. The highest BCUT2D eigenvalue weighted by atomic mass is 28.3. The molecule has 0 aliphatic heterocycles. The molecule has 0 spiro atoms. The first kappa shape index (κ1) is 21.1. The van der Waals surface area contributed by atoms with Gasteiger partial charge < -0.3 is 14.4 Å². The van der Waals surface area contributed by atoms with Crippen molar-refractivity contribution in [3.63, 3.8) is 0 Å². The summed E-state index contributed by atoms with van der Waals surface area (Å²) in [5.74, 6) is -1.06. The lowest BCUT2D eigenvalue weighted by Crippen LogP contribution is -2.29. The summed E-state index contributed by atoms with van der Waals surface area (Å²) in [6, 6.07) is 12.2. The van der Waals surface area contributed by atoms with Gasteiger partial charge in [-0.25, -0.2) is 4.79 Å². The van der Waals surface area contributed by atoms with E-state index in [1.165, 1.54) is 10.6 Å². The number of pyridine rings is 1. The Morgan fingerprint density at radius 3 is 2.48 bits per heavy atom. The summed E-state index contributed by atoms with van der Waals surface area (Å²) in [5, 5.41) is 10.7. The van der Waals surface area contributed by atoms with Gasteiger partial charge in [-0.1, -0.05) is 37.8 Å². The molecule has 29 heavy (non-hydrogen) atoms. The summed E-state index contributed by atoms with van der Waals surface area (Å²) in [7, 11) is 0.630. The van der Waals surface area contributed by atoms with Crippen molar-refractivity contribution in [3.8, 4) is 11.3 Å². The predicted octanol–water partition coefficient (Wildman–Crippen LogP) is 4.33. The molecule has 0 saturated carbocycles. The number of ether oxygens (including phenoxy) is 1. The third-order valence-corrected chi connectivity index (χ3v) is 6.94. The van der Waals surface area contributed by atoms with E-state index in [0.29, 0.717) is 23.6 Å². The Balaban J connectivity index is 2.08. The number of carbonyl (C=O) groups is 1. The molecule has 0 unspecified atom stereocenters. The molecule has 2 heterocycles. The largest absolute Gasteiger partial charge is 0.478 e. The molecule has 2 aromatic heterocycles. The van der Waals surface area contributed by atoms with Crippen LogP contribution in [0.3, 0.4) is 0 Å². The summed E-state index contributed by atoms with van der Waals surface area (Å²) < 4.78 is 9.12. The second kappa shape index (κ2) is 8.00. The maximum atomic E-state index is 13.3. The maximum Gasteiger partial charge on any atom is 0.337 e. The van der Waals surface area contributed by atoms with Gasteiger partial charge in [0, 0.05) is 38.3 Å². The molecule has 6 nitrogen and oxygen atoms in total. The van der Waals surface area contributed by atoms with Crippen LogP contribution < -0.4 is 5.56 Å². The number of nitrogens with zero attached hydrogens (tertiary/aromatic N) is 2. The van der Waals surface area contributed by atoms with Crippen LogP contribution >= 0.6 is 0 Å². The fourth-order valence-electron chi connectivity index (χ4n) is 3.39. The van der Waals surface area contributed by atoms with Crippen molar-refractivity contribution in [2.24, 2.45) is 7.05 Å². The first-order chi connectivity index (χ1) is 13.6. The summed E-state index contributed by atoms with van der Waals surface area (Å²) in [5.41, 5.74) is 2.30. The zero-order chi connectivity index (χ0) is 21.3. The Morgan fingerprint density at radius 1 is 1.17 bits per heavy atom. The zero-order valence-corrected chi connectivity index (χ0v) is 18.7. The maximum absolute atomic E-state index is 13.3. The first-order valence-corrected chi connectivity index (χ1v) is 13.4. The molecule has 1 aromatic carbocycles. The molecule has 0 atom stereocenters. The minimum atomic E-state index is -1.25. The second-order valence-corrected chi connectivity index (χ2v) is 14.2. The summed E-state index contributed by atoms with van der Waals surface area (Å²) >= 11 is 0. The van der Waals surface area contributed by atoms with Crippen molar-refractivity contribution >= 4 is 24.9 Å². The first-order valence-electron chi connectivity index (χ1n) is 9.70. The molecule has 0 saturated heterocycles. The van der Waals surface area contributed by atoms with Crippen molar-refractivity contribution in [2.45, 2.75) is 39.3 Å². The van der Waals surface area contributed by atoms with E-state index in [0.717, 1.165) is 16.9 Å². The van der Waals surface area contributed by atoms with Gasteiger partial charge in [-0.3, -0.25) is 9.36 Å². The number of para-hydroxylation sites is 1. The van der Waals surface area contributed by atoms with Gasteiger partial charge in [0.05, 0.1) is 16.8 Å². The standard InChI is InChI=1S/C22H28N2O4Si/c1-15-17(22(26)27)13-18(20-12-16-8-6-7-9-19(16)23(20)2)21(25)24(15)14-28-10-11-29(3,4)5/h6-9,12-13H,10-11,14H2,1-5H3,(H,26,27). The van der Waals surface area contributed by atoms with Gasteiger partial charge in [0.25, 0.3) is 5.56 Å². The summed E-state index contributed by atoms with van der Waals surface area (Å²) in [6.45, 7) is 9.04. The highest BCUT2D eigenvalue weighted by Crippen LogP contribution is 2.26. The third-order valence-electron chi connectivity index (χ3n) is 5.23. The van der Waals surface area contributed by atoms with Gasteiger partial charge in [0.15, 0.2) is 0 Å². The molecule has 154 valence electrons. The van der Waals surface area contributed by atoms with E-state index in [1.807, 2.05) is 41.9 Å². The highest BCUT2D eigenvalue weighted by Gasteiger charge is 2.20. The highest BCUT2D eigenvalue weighted by molar-refractivity contribution is 6.76. The van der Waals surface area contributed by atoms with Gasteiger partial charge >= 0.3 is 5.97 Å². The van der Waals surface area contributed by atoms with Crippen LogP contribution in [0, 0.1) is 6.92 Å². The van der Waals surface area contributed by atoms with E-state index in [-0.39, 0.29) is 17.9 Å². The van der Waals surface area contributed by atoms with Crippen LogP contribution in [-0.2, 0) is 18.5 Å². The van der Waals surface area contributed by atoms with Gasteiger partial charge in [0.2, 0.25) is 0 Å². The van der Waals surface area contributed by atoms with Crippen LogP contribution in [0.2, 0.25) is 25.7 Å². The normalized spacial score (nSPS) is 11.9. The lowest BCUT2D eigenvalue weighted by molar-refractivity contribution is 0.0685. The average Bonchev–Trinajstić information content (AvgIpc) is 2.97. The van der Waals surface area contributed by atoms with Crippen LogP contribution in [0.25, 0.3) is 22.2 Å². The number of carboxylic acids is 1. The molecule has 7 heteroatoms. The van der Waals surface area contributed by atoms with Crippen molar-refractivity contribution in [3.05, 3.63) is 58.0 Å². The number of hydrogen-bond acceptors (Lipinski definition) is 3. The molecule has 1 N–H and O–H groups in total. The molecule has 0 bridgehead atoms.